The zero-order chi connectivity index (χ0) is 23.3. The molecule has 6 nitrogen and oxygen atoms in total. The first kappa shape index (κ1) is 24.6. The highest BCUT2D eigenvalue weighted by Gasteiger charge is 2.24. The van der Waals surface area contributed by atoms with Crippen LogP contribution in [-0.2, 0) is 14.6 Å². The normalized spacial score (nSPS) is 11.9. The molecule has 2 aromatic carbocycles. The highest BCUT2D eigenvalue weighted by atomic mass is 35.5. The molecule has 0 unspecified atom stereocenters. The largest absolute Gasteiger partial charge is 0.302 e. The van der Waals surface area contributed by atoms with Gasteiger partial charge in [0.05, 0.1) is 15.3 Å². The molecule has 0 saturated heterocycles. The topological polar surface area (TPSA) is 70.6 Å². The number of fused-ring (bicyclic) bond motifs is 1. The van der Waals surface area contributed by atoms with Crippen molar-refractivity contribution in [1.82, 2.24) is 9.88 Å². The molecule has 0 fully saturated rings. The van der Waals surface area contributed by atoms with E-state index in [2.05, 4.69) is 9.88 Å². The Morgan fingerprint density at radius 1 is 1.09 bits per heavy atom. The second-order valence-electron chi connectivity index (χ2n) is 7.18. The van der Waals surface area contributed by atoms with Gasteiger partial charge < -0.3 is 4.90 Å². The number of likely N-dealkylation sites (N-methyl/N-ethyl adjacent to an activating group) is 1. The molecule has 10 heteroatoms. The van der Waals surface area contributed by atoms with Crippen LogP contribution in [0.5, 0.6) is 0 Å². The number of halogens is 2. The minimum absolute atomic E-state index is 0.117. The van der Waals surface area contributed by atoms with Gasteiger partial charge in [0.25, 0.3) is 0 Å². The summed E-state index contributed by atoms with van der Waals surface area (Å²) in [6.45, 7) is 6.63. The molecule has 3 rings (SSSR count). The number of aromatic nitrogens is 1. The van der Waals surface area contributed by atoms with Gasteiger partial charge in [-0.3, -0.25) is 9.69 Å². The molecular formula is C22H25ClFN3O3S2. The van der Waals surface area contributed by atoms with Crippen molar-refractivity contribution in [3.8, 4) is 0 Å². The number of thiazole rings is 1. The van der Waals surface area contributed by atoms with Crippen LogP contribution in [0.25, 0.3) is 10.2 Å². The molecule has 0 aliphatic carbocycles. The van der Waals surface area contributed by atoms with Gasteiger partial charge in [-0.15, -0.1) is 0 Å². The van der Waals surface area contributed by atoms with E-state index in [-0.39, 0.29) is 28.5 Å². The van der Waals surface area contributed by atoms with E-state index >= 15 is 0 Å². The van der Waals surface area contributed by atoms with Crippen molar-refractivity contribution in [3.63, 3.8) is 0 Å². The Hall–Kier alpha value is -2.07. The molecular weight excluding hydrogens is 473 g/mol. The monoisotopic (exact) mass is 497 g/mol. The summed E-state index contributed by atoms with van der Waals surface area (Å²) in [5.74, 6) is -1.16. The predicted octanol–water partition coefficient (Wildman–Crippen LogP) is 4.63. The van der Waals surface area contributed by atoms with Gasteiger partial charge in [0, 0.05) is 24.5 Å². The molecule has 32 heavy (non-hydrogen) atoms. The fraction of sp³-hybridized carbons (Fsp3) is 0.364. The fourth-order valence-electron chi connectivity index (χ4n) is 3.24. The first-order chi connectivity index (χ1) is 15.2. The number of amides is 1. The molecule has 1 heterocycles. The van der Waals surface area contributed by atoms with Crippen LogP contribution in [0.1, 0.15) is 20.3 Å². The Morgan fingerprint density at radius 3 is 2.41 bits per heavy atom. The summed E-state index contributed by atoms with van der Waals surface area (Å²) in [6.07, 6.45) is -0.207. The summed E-state index contributed by atoms with van der Waals surface area (Å²) in [7, 11) is -3.65. The second kappa shape index (κ2) is 10.7. The molecule has 0 N–H and O–H groups in total. The molecule has 0 aliphatic heterocycles. The van der Waals surface area contributed by atoms with Gasteiger partial charge in [0.15, 0.2) is 15.0 Å². The van der Waals surface area contributed by atoms with Crippen molar-refractivity contribution in [2.45, 2.75) is 25.2 Å². The standard InChI is InChI=1S/C22H25ClFN3O3S2/c1-3-26(4-2)13-14-27(22-25-21-18(24)6-5-7-19(21)31-22)20(28)12-15-32(29,30)17-10-8-16(23)9-11-17/h5-11H,3-4,12-15H2,1-2H3. The van der Waals surface area contributed by atoms with E-state index in [0.29, 0.717) is 27.9 Å². The lowest BCUT2D eigenvalue weighted by molar-refractivity contribution is -0.118. The number of nitrogens with zero attached hydrogens (tertiary/aromatic N) is 3. The second-order valence-corrected chi connectivity index (χ2v) is 10.7. The summed E-state index contributed by atoms with van der Waals surface area (Å²) in [5, 5.41) is 0.803. The van der Waals surface area contributed by atoms with Crippen molar-refractivity contribution in [1.29, 1.82) is 0 Å². The predicted molar refractivity (Wildman–Crippen MR) is 128 cm³/mol. The smallest absolute Gasteiger partial charge is 0.229 e. The van der Waals surface area contributed by atoms with Crippen LogP contribution in [0.15, 0.2) is 47.4 Å². The van der Waals surface area contributed by atoms with Gasteiger partial charge in [-0.25, -0.2) is 17.8 Å². The lowest BCUT2D eigenvalue weighted by atomic mass is 10.3. The number of hydrogen-bond acceptors (Lipinski definition) is 6. The maximum absolute atomic E-state index is 14.2. The first-order valence-corrected chi connectivity index (χ1v) is 13.2. The van der Waals surface area contributed by atoms with Crippen molar-refractivity contribution < 1.29 is 17.6 Å². The Morgan fingerprint density at radius 2 is 1.78 bits per heavy atom. The molecule has 0 atom stereocenters. The van der Waals surface area contributed by atoms with Crippen molar-refractivity contribution in [2.24, 2.45) is 0 Å². The van der Waals surface area contributed by atoms with Crippen LogP contribution >= 0.6 is 22.9 Å². The van der Waals surface area contributed by atoms with Gasteiger partial charge in [-0.2, -0.15) is 0 Å². The van der Waals surface area contributed by atoms with E-state index in [1.807, 2.05) is 13.8 Å². The van der Waals surface area contributed by atoms with Gasteiger partial charge in [-0.05, 0) is 49.5 Å². The molecule has 172 valence electrons. The molecule has 1 amide bonds. The summed E-state index contributed by atoms with van der Waals surface area (Å²) in [4.78, 5) is 21.2. The van der Waals surface area contributed by atoms with Crippen LogP contribution in [0.4, 0.5) is 9.52 Å². The zero-order valence-corrected chi connectivity index (χ0v) is 20.3. The number of benzene rings is 2. The summed E-state index contributed by atoms with van der Waals surface area (Å²) in [5.41, 5.74) is 0.210. The minimum Gasteiger partial charge on any atom is -0.302 e. The Balaban J connectivity index is 1.82. The quantitative estimate of drug-likeness (QED) is 0.408. The van der Waals surface area contributed by atoms with Crippen molar-refractivity contribution in [3.05, 3.63) is 53.3 Å². The van der Waals surface area contributed by atoms with Crippen LogP contribution in [0.3, 0.4) is 0 Å². The lowest BCUT2D eigenvalue weighted by Crippen LogP contribution is -2.39. The number of carbonyl (C=O) groups is 1. The minimum atomic E-state index is -3.65. The lowest BCUT2D eigenvalue weighted by Gasteiger charge is -2.24. The summed E-state index contributed by atoms with van der Waals surface area (Å²) < 4.78 is 40.1. The van der Waals surface area contributed by atoms with Crippen LogP contribution < -0.4 is 4.90 Å². The molecule has 1 aromatic heterocycles. The summed E-state index contributed by atoms with van der Waals surface area (Å²) >= 11 is 7.05. The van der Waals surface area contributed by atoms with Crippen LogP contribution in [0, 0.1) is 5.82 Å². The third-order valence-electron chi connectivity index (χ3n) is 5.18. The molecule has 0 radical (unpaired) electrons. The Bertz CT molecular complexity index is 1180. The van der Waals surface area contributed by atoms with Gasteiger partial charge in [0.2, 0.25) is 5.91 Å². The van der Waals surface area contributed by atoms with Crippen LogP contribution in [0.2, 0.25) is 5.02 Å². The fourth-order valence-corrected chi connectivity index (χ4v) is 5.62. The average Bonchev–Trinajstić information content (AvgIpc) is 3.21. The van der Waals surface area contributed by atoms with E-state index < -0.39 is 15.7 Å². The number of anilines is 1. The third kappa shape index (κ3) is 5.83. The number of rotatable bonds is 10. The van der Waals surface area contributed by atoms with E-state index in [1.54, 1.807) is 12.1 Å². The van der Waals surface area contributed by atoms with Crippen molar-refractivity contribution >= 4 is 54.0 Å². The highest BCUT2D eigenvalue weighted by molar-refractivity contribution is 7.91. The van der Waals surface area contributed by atoms with E-state index in [0.717, 1.165) is 13.1 Å². The Kier molecular flexibility index (Phi) is 8.21. The molecule has 0 saturated carbocycles. The average molecular weight is 498 g/mol. The number of sulfone groups is 1. The van der Waals surface area contributed by atoms with E-state index in [9.17, 15) is 17.6 Å². The van der Waals surface area contributed by atoms with E-state index in [4.69, 9.17) is 11.6 Å². The van der Waals surface area contributed by atoms with Gasteiger partial charge in [0.1, 0.15) is 11.3 Å². The molecule has 0 bridgehead atoms. The van der Waals surface area contributed by atoms with E-state index in [1.165, 1.54) is 46.6 Å². The molecule has 0 spiro atoms. The third-order valence-corrected chi connectivity index (χ3v) is 8.21. The summed E-state index contributed by atoms with van der Waals surface area (Å²) in [6, 6.07) is 10.5. The molecule has 3 aromatic rings. The number of carbonyl (C=O) groups excluding carboxylic acids is 1. The molecule has 0 aliphatic rings. The first-order valence-electron chi connectivity index (χ1n) is 10.3. The maximum atomic E-state index is 14.2. The zero-order valence-electron chi connectivity index (χ0n) is 17.9. The van der Waals surface area contributed by atoms with Crippen molar-refractivity contribution in [2.75, 3.05) is 36.8 Å². The number of hydrogen-bond donors (Lipinski definition) is 0. The maximum Gasteiger partial charge on any atom is 0.229 e. The van der Waals surface area contributed by atoms with Gasteiger partial charge >= 0.3 is 0 Å². The SMILES string of the molecule is CCN(CC)CCN(C(=O)CCS(=O)(=O)c1ccc(Cl)cc1)c1nc2c(F)cccc2s1. The highest BCUT2D eigenvalue weighted by Crippen LogP contribution is 2.30. The number of para-hydroxylation sites is 1. The van der Waals surface area contributed by atoms with Crippen LogP contribution in [-0.4, -0.2) is 56.1 Å². The Labute approximate surface area is 196 Å². The van der Waals surface area contributed by atoms with Gasteiger partial charge in [-0.1, -0.05) is 42.9 Å².